The fourth-order valence-corrected chi connectivity index (χ4v) is 0.353. The maximum atomic E-state index is 11.0. The van der Waals surface area contributed by atoms with Gasteiger partial charge in [0.2, 0.25) is 0 Å². The summed E-state index contributed by atoms with van der Waals surface area (Å²) in [5, 5.41) is 0. The molecule has 0 aliphatic carbocycles. The molecule has 0 radical (unpaired) electrons. The molecule has 11 heavy (non-hydrogen) atoms. The molecule has 64 valence electrons. The lowest BCUT2D eigenvalue weighted by atomic mass is 9.91. The zero-order valence-corrected chi connectivity index (χ0v) is 7.01. The van der Waals surface area contributed by atoms with Crippen LogP contribution in [-0.2, 0) is 9.53 Å². The molecule has 0 bridgehead atoms. The van der Waals surface area contributed by atoms with Crippen molar-refractivity contribution in [3.63, 3.8) is 0 Å². The third-order valence-corrected chi connectivity index (χ3v) is 1.18. The highest BCUT2D eigenvalue weighted by molar-refractivity contribution is 5.86. The van der Waals surface area contributed by atoms with E-state index in [1.54, 1.807) is 20.8 Å². The summed E-state index contributed by atoms with van der Waals surface area (Å²) in [5.74, 6) is -0.142. The Labute approximate surface area is 65.7 Å². The van der Waals surface area contributed by atoms with Gasteiger partial charge >= 0.3 is 6.09 Å². The summed E-state index contributed by atoms with van der Waals surface area (Å²) < 4.78 is 4.32. The Morgan fingerprint density at radius 1 is 1.36 bits per heavy atom. The van der Waals surface area contributed by atoms with Crippen molar-refractivity contribution in [1.29, 1.82) is 0 Å². The fourth-order valence-electron chi connectivity index (χ4n) is 0.353. The van der Waals surface area contributed by atoms with E-state index in [9.17, 15) is 9.59 Å². The van der Waals surface area contributed by atoms with Crippen molar-refractivity contribution in [2.75, 3.05) is 6.61 Å². The normalized spacial score (nSPS) is 10.8. The molecule has 0 rings (SSSR count). The Balaban J connectivity index is 3.80. The van der Waals surface area contributed by atoms with Gasteiger partial charge < -0.3 is 10.5 Å². The lowest BCUT2D eigenvalue weighted by Gasteiger charge is -2.15. The van der Waals surface area contributed by atoms with E-state index in [4.69, 9.17) is 0 Å². The first-order valence-electron chi connectivity index (χ1n) is 3.29. The van der Waals surface area contributed by atoms with Crippen LogP contribution in [0.5, 0.6) is 0 Å². The first kappa shape index (κ1) is 9.94. The second-order valence-electron chi connectivity index (χ2n) is 3.28. The minimum absolute atomic E-state index is 0.142. The van der Waals surface area contributed by atoms with Crippen molar-refractivity contribution in [2.45, 2.75) is 20.8 Å². The molecule has 0 fully saturated rings. The van der Waals surface area contributed by atoms with Gasteiger partial charge in [0.15, 0.2) is 12.4 Å². The average molecular weight is 159 g/mol. The summed E-state index contributed by atoms with van der Waals surface area (Å²) in [6, 6.07) is 0. The standard InChI is InChI=1S/C7H13NO3/c1-7(2,3)5(9)4-11-6(8)10/h4H2,1-3H3,(H2,8,10). The molecule has 1 amide bonds. The van der Waals surface area contributed by atoms with Gasteiger partial charge in [0.25, 0.3) is 0 Å². The van der Waals surface area contributed by atoms with Crippen LogP contribution in [0.3, 0.4) is 0 Å². The molecule has 0 spiro atoms. The van der Waals surface area contributed by atoms with E-state index in [-0.39, 0.29) is 12.4 Å². The number of primary amides is 1. The second kappa shape index (κ2) is 3.37. The minimum Gasteiger partial charge on any atom is -0.442 e. The molecule has 4 nitrogen and oxygen atoms in total. The van der Waals surface area contributed by atoms with Gasteiger partial charge in [-0.3, -0.25) is 4.79 Å². The van der Waals surface area contributed by atoms with Crippen molar-refractivity contribution in [3.8, 4) is 0 Å². The molecule has 2 N–H and O–H groups in total. The number of Topliss-reactive ketones (excluding diaryl/α,β-unsaturated/α-hetero) is 1. The summed E-state index contributed by atoms with van der Waals surface area (Å²) in [6.45, 7) is 5.01. The van der Waals surface area contributed by atoms with E-state index in [1.165, 1.54) is 0 Å². The number of hydrogen-bond acceptors (Lipinski definition) is 3. The Bertz CT molecular complexity index is 169. The number of amides is 1. The molecule has 0 heterocycles. The van der Waals surface area contributed by atoms with E-state index >= 15 is 0 Å². The molecule has 0 atom stereocenters. The van der Waals surface area contributed by atoms with Gasteiger partial charge in [-0.1, -0.05) is 20.8 Å². The lowest BCUT2D eigenvalue weighted by molar-refractivity contribution is -0.129. The van der Waals surface area contributed by atoms with Crippen molar-refractivity contribution in [3.05, 3.63) is 0 Å². The van der Waals surface area contributed by atoms with Gasteiger partial charge in [0, 0.05) is 5.41 Å². The first-order valence-corrected chi connectivity index (χ1v) is 3.29. The van der Waals surface area contributed by atoms with Gasteiger partial charge in [-0.25, -0.2) is 4.79 Å². The van der Waals surface area contributed by atoms with Crippen molar-refractivity contribution in [1.82, 2.24) is 0 Å². The van der Waals surface area contributed by atoms with Gasteiger partial charge in [-0.05, 0) is 0 Å². The lowest BCUT2D eigenvalue weighted by Crippen LogP contribution is -2.27. The van der Waals surface area contributed by atoms with Crippen LogP contribution in [-0.4, -0.2) is 18.5 Å². The first-order chi connectivity index (χ1) is 4.84. The van der Waals surface area contributed by atoms with E-state index in [2.05, 4.69) is 10.5 Å². The van der Waals surface area contributed by atoms with Crippen LogP contribution in [0, 0.1) is 5.41 Å². The number of ether oxygens (including phenoxy) is 1. The van der Waals surface area contributed by atoms with E-state index < -0.39 is 11.5 Å². The number of nitrogens with two attached hydrogens (primary N) is 1. The van der Waals surface area contributed by atoms with Crippen LogP contribution in [0.1, 0.15) is 20.8 Å². The molecule has 0 saturated carbocycles. The van der Waals surface area contributed by atoms with Crippen molar-refractivity contribution < 1.29 is 14.3 Å². The number of rotatable bonds is 2. The molecule has 0 unspecified atom stereocenters. The fraction of sp³-hybridized carbons (Fsp3) is 0.714. The maximum Gasteiger partial charge on any atom is 0.404 e. The van der Waals surface area contributed by atoms with Crippen LogP contribution < -0.4 is 5.73 Å². The van der Waals surface area contributed by atoms with Crippen LogP contribution in [0.15, 0.2) is 0 Å². The van der Waals surface area contributed by atoms with Gasteiger partial charge in [-0.2, -0.15) is 0 Å². The second-order valence-corrected chi connectivity index (χ2v) is 3.28. The number of ketones is 1. The predicted octanol–water partition coefficient (Wildman–Crippen LogP) is 0.697. The zero-order valence-electron chi connectivity index (χ0n) is 7.01. The largest absolute Gasteiger partial charge is 0.442 e. The Morgan fingerprint density at radius 3 is 2.09 bits per heavy atom. The SMILES string of the molecule is CC(C)(C)C(=O)COC(N)=O. The van der Waals surface area contributed by atoms with Gasteiger partial charge in [-0.15, -0.1) is 0 Å². The third-order valence-electron chi connectivity index (χ3n) is 1.18. The van der Waals surface area contributed by atoms with Crippen LogP contribution >= 0.6 is 0 Å². The number of carbonyl (C=O) groups is 2. The summed E-state index contributed by atoms with van der Waals surface area (Å²) in [6.07, 6.45) is -0.914. The average Bonchev–Trinajstić information content (AvgIpc) is 1.80. The smallest absolute Gasteiger partial charge is 0.404 e. The van der Waals surface area contributed by atoms with Crippen molar-refractivity contribution >= 4 is 11.9 Å². The molecule has 0 saturated heterocycles. The quantitative estimate of drug-likeness (QED) is 0.644. The zero-order chi connectivity index (χ0) is 9.07. The highest BCUT2D eigenvalue weighted by Crippen LogP contribution is 2.13. The van der Waals surface area contributed by atoms with E-state index in [1.807, 2.05) is 0 Å². The summed E-state index contributed by atoms with van der Waals surface area (Å²) in [4.78, 5) is 21.1. The summed E-state index contributed by atoms with van der Waals surface area (Å²) >= 11 is 0. The Kier molecular flexibility index (Phi) is 3.04. The molecule has 4 heteroatoms. The summed E-state index contributed by atoms with van der Waals surface area (Å²) in [7, 11) is 0. The third kappa shape index (κ3) is 4.36. The van der Waals surface area contributed by atoms with Gasteiger partial charge in [0.1, 0.15) is 0 Å². The molecule has 0 aliphatic rings. The minimum atomic E-state index is -0.914. The van der Waals surface area contributed by atoms with E-state index in [0.717, 1.165) is 0 Å². The molecular weight excluding hydrogens is 146 g/mol. The Morgan fingerprint density at radius 2 is 1.82 bits per heavy atom. The molecule has 0 aromatic rings. The van der Waals surface area contributed by atoms with Crippen LogP contribution in [0.4, 0.5) is 4.79 Å². The predicted molar refractivity (Wildman–Crippen MR) is 40.0 cm³/mol. The number of hydrogen-bond donors (Lipinski definition) is 1. The monoisotopic (exact) mass is 159 g/mol. The molecule has 0 aliphatic heterocycles. The molecule has 0 aromatic carbocycles. The van der Waals surface area contributed by atoms with Crippen molar-refractivity contribution in [2.24, 2.45) is 11.1 Å². The van der Waals surface area contributed by atoms with Crippen LogP contribution in [0.25, 0.3) is 0 Å². The maximum absolute atomic E-state index is 11.0. The highest BCUT2D eigenvalue weighted by atomic mass is 16.5. The number of carbonyl (C=O) groups excluding carboxylic acids is 2. The molecule has 0 aromatic heterocycles. The molecular formula is C7H13NO3. The Hall–Kier alpha value is -1.06. The summed E-state index contributed by atoms with van der Waals surface area (Å²) in [5.41, 5.74) is 4.19. The highest BCUT2D eigenvalue weighted by Gasteiger charge is 2.21. The van der Waals surface area contributed by atoms with Crippen LogP contribution in [0.2, 0.25) is 0 Å². The van der Waals surface area contributed by atoms with E-state index in [0.29, 0.717) is 0 Å². The van der Waals surface area contributed by atoms with Gasteiger partial charge in [0.05, 0.1) is 0 Å². The topological polar surface area (TPSA) is 69.4 Å².